The molecule has 0 atom stereocenters. The Hall–Kier alpha value is -1.32. The third-order valence-corrected chi connectivity index (χ3v) is 5.47. The first-order valence-electron chi connectivity index (χ1n) is 12.1. The number of carboxylic acids is 1. The van der Waals surface area contributed by atoms with Crippen LogP contribution in [0.1, 0.15) is 128 Å². The molecule has 0 aliphatic rings. The van der Waals surface area contributed by atoms with Gasteiger partial charge in [0.1, 0.15) is 0 Å². The molecule has 0 unspecified atom stereocenters. The first-order chi connectivity index (χ1) is 14.2. The van der Waals surface area contributed by atoms with Gasteiger partial charge in [0.25, 0.3) is 0 Å². The third-order valence-electron chi connectivity index (χ3n) is 5.47. The summed E-state index contributed by atoms with van der Waals surface area (Å²) in [5, 5.41) is 8.58. The summed E-state index contributed by atoms with van der Waals surface area (Å²) in [4.78, 5) is 21.3. The number of ether oxygens (including phenoxy) is 1. The van der Waals surface area contributed by atoms with Crippen LogP contribution in [-0.2, 0) is 14.3 Å². The number of allylic oxidation sites excluding steroid dienone is 1. The van der Waals surface area contributed by atoms with Gasteiger partial charge in [-0.1, -0.05) is 109 Å². The zero-order valence-corrected chi connectivity index (χ0v) is 19.0. The molecular formula is C25H46O4. The number of hydrogen-bond donors (Lipinski definition) is 1. The highest BCUT2D eigenvalue weighted by molar-refractivity contribution is 5.81. The van der Waals surface area contributed by atoms with Crippen LogP contribution in [0.3, 0.4) is 0 Å². The Bertz CT molecular complexity index is 404. The van der Waals surface area contributed by atoms with Gasteiger partial charge in [0.2, 0.25) is 0 Å². The van der Waals surface area contributed by atoms with Crippen LogP contribution in [0.2, 0.25) is 0 Å². The molecule has 4 nitrogen and oxygen atoms in total. The van der Waals surface area contributed by atoms with E-state index in [1.807, 2.05) is 6.08 Å². The number of unbranched alkanes of at least 4 members (excludes halogenated alkanes) is 18. The van der Waals surface area contributed by atoms with Crippen molar-refractivity contribution < 1.29 is 19.4 Å². The quantitative estimate of drug-likeness (QED) is 0.113. The molecule has 0 saturated carbocycles. The highest BCUT2D eigenvalue weighted by atomic mass is 16.5. The third kappa shape index (κ3) is 24.6. The molecule has 0 spiro atoms. The van der Waals surface area contributed by atoms with Crippen molar-refractivity contribution in [2.24, 2.45) is 0 Å². The molecule has 0 aliphatic heterocycles. The van der Waals surface area contributed by atoms with E-state index in [4.69, 9.17) is 5.11 Å². The van der Waals surface area contributed by atoms with Crippen molar-refractivity contribution >= 4 is 11.9 Å². The monoisotopic (exact) mass is 410 g/mol. The topological polar surface area (TPSA) is 63.6 Å². The smallest absolute Gasteiger partial charge is 0.330 e. The Morgan fingerprint density at radius 1 is 0.621 bits per heavy atom. The lowest BCUT2D eigenvalue weighted by Crippen LogP contribution is -1.93. The minimum Gasteiger partial charge on any atom is -0.481 e. The molecule has 0 aromatic carbocycles. The molecule has 0 saturated heterocycles. The second kappa shape index (κ2) is 23.0. The lowest BCUT2D eigenvalue weighted by atomic mass is 10.0. The molecule has 0 heterocycles. The standard InChI is InChI=1S/C25H46O4/c1-29-25(28)23-21-19-17-15-13-11-9-7-5-3-2-4-6-8-10-12-14-16-18-20-22-24(26)27/h21,23H,2-20,22H2,1H3,(H,26,27). The van der Waals surface area contributed by atoms with Crippen LogP contribution in [0, 0.1) is 0 Å². The van der Waals surface area contributed by atoms with Crippen molar-refractivity contribution in [1.29, 1.82) is 0 Å². The molecule has 0 rings (SSSR count). The number of carbonyl (C=O) groups excluding carboxylic acids is 1. The maximum atomic E-state index is 10.9. The number of carboxylic acid groups (broad SMARTS) is 1. The number of rotatable bonds is 22. The zero-order valence-electron chi connectivity index (χ0n) is 19.0. The lowest BCUT2D eigenvalue weighted by molar-refractivity contribution is -0.137. The predicted octanol–water partition coefficient (Wildman–Crippen LogP) is 7.60. The average Bonchev–Trinajstić information content (AvgIpc) is 2.71. The van der Waals surface area contributed by atoms with Gasteiger partial charge in [-0.2, -0.15) is 0 Å². The summed E-state index contributed by atoms with van der Waals surface area (Å²) in [7, 11) is 1.41. The largest absolute Gasteiger partial charge is 0.481 e. The second-order valence-electron chi connectivity index (χ2n) is 8.22. The van der Waals surface area contributed by atoms with Gasteiger partial charge in [-0.3, -0.25) is 4.79 Å². The Balaban J connectivity index is 3.07. The first kappa shape index (κ1) is 27.7. The van der Waals surface area contributed by atoms with Crippen molar-refractivity contribution in [3.63, 3.8) is 0 Å². The summed E-state index contributed by atoms with van der Waals surface area (Å²) in [6, 6.07) is 0. The van der Waals surface area contributed by atoms with Gasteiger partial charge >= 0.3 is 11.9 Å². The molecule has 29 heavy (non-hydrogen) atoms. The van der Waals surface area contributed by atoms with Gasteiger partial charge in [-0.15, -0.1) is 0 Å². The van der Waals surface area contributed by atoms with E-state index in [0.717, 1.165) is 25.7 Å². The van der Waals surface area contributed by atoms with Crippen LogP contribution in [0.4, 0.5) is 0 Å². The van der Waals surface area contributed by atoms with E-state index in [1.54, 1.807) is 0 Å². The second-order valence-corrected chi connectivity index (χ2v) is 8.22. The SMILES string of the molecule is COC(=O)C=CCCCCCCCCCCCCCCCCCCCCC(=O)O. The van der Waals surface area contributed by atoms with Gasteiger partial charge in [0.15, 0.2) is 0 Å². The van der Waals surface area contributed by atoms with Crippen LogP contribution in [-0.4, -0.2) is 24.2 Å². The summed E-state index contributed by atoms with van der Waals surface area (Å²) in [6.07, 6.45) is 27.9. The van der Waals surface area contributed by atoms with Crippen LogP contribution in [0.15, 0.2) is 12.2 Å². The van der Waals surface area contributed by atoms with Gasteiger partial charge in [-0.05, 0) is 19.3 Å². The Morgan fingerprint density at radius 2 is 0.966 bits per heavy atom. The minimum absolute atomic E-state index is 0.258. The summed E-state index contributed by atoms with van der Waals surface area (Å²) < 4.78 is 4.56. The Morgan fingerprint density at radius 3 is 1.31 bits per heavy atom. The molecule has 0 amide bonds. The fourth-order valence-corrected chi connectivity index (χ4v) is 3.61. The number of hydrogen-bond acceptors (Lipinski definition) is 3. The van der Waals surface area contributed by atoms with E-state index in [2.05, 4.69) is 4.74 Å². The Kier molecular flexibility index (Phi) is 21.9. The van der Waals surface area contributed by atoms with Crippen molar-refractivity contribution in [2.45, 2.75) is 128 Å². The Labute approximate surface area is 179 Å². The van der Waals surface area contributed by atoms with E-state index in [0.29, 0.717) is 6.42 Å². The molecule has 4 heteroatoms. The van der Waals surface area contributed by atoms with E-state index in [-0.39, 0.29) is 5.97 Å². The highest BCUT2D eigenvalue weighted by Crippen LogP contribution is 2.14. The van der Waals surface area contributed by atoms with E-state index in [1.165, 1.54) is 109 Å². The van der Waals surface area contributed by atoms with Crippen molar-refractivity contribution in [2.75, 3.05) is 7.11 Å². The van der Waals surface area contributed by atoms with Crippen LogP contribution < -0.4 is 0 Å². The summed E-state index contributed by atoms with van der Waals surface area (Å²) in [6.45, 7) is 0. The molecule has 0 fully saturated rings. The zero-order chi connectivity index (χ0) is 21.4. The number of methoxy groups -OCH3 is 1. The molecule has 0 aromatic rings. The van der Waals surface area contributed by atoms with Gasteiger partial charge in [0, 0.05) is 12.5 Å². The molecule has 170 valence electrons. The predicted molar refractivity (Wildman–Crippen MR) is 121 cm³/mol. The minimum atomic E-state index is -0.664. The molecule has 1 N–H and O–H groups in total. The molecular weight excluding hydrogens is 364 g/mol. The van der Waals surface area contributed by atoms with Crippen molar-refractivity contribution in [1.82, 2.24) is 0 Å². The van der Waals surface area contributed by atoms with Crippen molar-refractivity contribution in [3.8, 4) is 0 Å². The fourth-order valence-electron chi connectivity index (χ4n) is 3.61. The van der Waals surface area contributed by atoms with Crippen molar-refractivity contribution in [3.05, 3.63) is 12.2 Å². The molecule has 0 radical (unpaired) electrons. The maximum absolute atomic E-state index is 10.9. The maximum Gasteiger partial charge on any atom is 0.330 e. The summed E-state index contributed by atoms with van der Waals surface area (Å²) in [5.74, 6) is -0.921. The van der Waals surface area contributed by atoms with E-state index < -0.39 is 5.97 Å². The van der Waals surface area contributed by atoms with E-state index in [9.17, 15) is 9.59 Å². The highest BCUT2D eigenvalue weighted by Gasteiger charge is 1.97. The number of carbonyl (C=O) groups is 2. The lowest BCUT2D eigenvalue weighted by Gasteiger charge is -2.04. The fraction of sp³-hybridized carbons (Fsp3) is 0.840. The molecule has 0 aromatic heterocycles. The summed E-state index contributed by atoms with van der Waals surface area (Å²) in [5.41, 5.74) is 0. The number of aliphatic carboxylic acids is 1. The molecule has 0 aliphatic carbocycles. The van der Waals surface area contributed by atoms with Crippen LogP contribution in [0.25, 0.3) is 0 Å². The van der Waals surface area contributed by atoms with Gasteiger partial charge in [-0.25, -0.2) is 4.79 Å². The molecule has 0 bridgehead atoms. The van der Waals surface area contributed by atoms with Gasteiger partial charge in [0.05, 0.1) is 7.11 Å². The van der Waals surface area contributed by atoms with Gasteiger partial charge < -0.3 is 9.84 Å². The van der Waals surface area contributed by atoms with E-state index >= 15 is 0 Å². The van der Waals surface area contributed by atoms with Crippen LogP contribution in [0.5, 0.6) is 0 Å². The average molecular weight is 411 g/mol. The number of esters is 1. The van der Waals surface area contributed by atoms with Crippen LogP contribution >= 0.6 is 0 Å². The first-order valence-corrected chi connectivity index (χ1v) is 12.1. The normalized spacial score (nSPS) is 11.2. The summed E-state index contributed by atoms with van der Waals surface area (Å²) >= 11 is 0.